The van der Waals surface area contributed by atoms with Crippen LogP contribution in [0.3, 0.4) is 0 Å². The molecule has 4 nitrogen and oxygen atoms in total. The number of hydrogen-bond acceptors (Lipinski definition) is 3. The second kappa shape index (κ2) is 5.99. The average Bonchev–Trinajstić information content (AvgIpc) is 2.42. The van der Waals surface area contributed by atoms with Gasteiger partial charge in [-0.25, -0.2) is 12.8 Å². The summed E-state index contributed by atoms with van der Waals surface area (Å²) in [6.07, 6.45) is 3.20. The molecule has 20 heavy (non-hydrogen) atoms. The molecule has 1 heterocycles. The van der Waals surface area contributed by atoms with Gasteiger partial charge in [0, 0.05) is 26.0 Å². The highest BCUT2D eigenvalue weighted by atomic mass is 79.9. The Morgan fingerprint density at radius 1 is 1.35 bits per heavy atom. The van der Waals surface area contributed by atoms with Crippen molar-refractivity contribution < 1.29 is 12.8 Å². The first-order valence-corrected chi connectivity index (χ1v) is 7.95. The molecule has 2 rings (SSSR count). The molecular formula is C13H12BrFN2O2S. The standard InChI is InChI=1S/C13H12BrFN2O2S/c1-17(9-10-3-2-6-16-8-10)20(18,19)11-4-5-12(14)13(15)7-11/h2-8H,9H2,1H3. The summed E-state index contributed by atoms with van der Waals surface area (Å²) in [4.78, 5) is 3.85. The highest BCUT2D eigenvalue weighted by molar-refractivity contribution is 9.10. The summed E-state index contributed by atoms with van der Waals surface area (Å²) < 4.78 is 39.5. The van der Waals surface area contributed by atoms with Crippen LogP contribution < -0.4 is 0 Å². The maximum atomic E-state index is 13.5. The molecule has 0 aliphatic heterocycles. The van der Waals surface area contributed by atoms with Crippen LogP contribution in [0.2, 0.25) is 0 Å². The van der Waals surface area contributed by atoms with Gasteiger partial charge >= 0.3 is 0 Å². The lowest BCUT2D eigenvalue weighted by molar-refractivity contribution is 0.465. The fourth-order valence-corrected chi connectivity index (χ4v) is 3.07. The van der Waals surface area contributed by atoms with Gasteiger partial charge in [0.05, 0.1) is 9.37 Å². The van der Waals surface area contributed by atoms with Crippen molar-refractivity contribution in [2.75, 3.05) is 7.05 Å². The second-order valence-corrected chi connectivity index (χ2v) is 7.10. The number of halogens is 2. The molecule has 0 spiro atoms. The smallest absolute Gasteiger partial charge is 0.243 e. The summed E-state index contributed by atoms with van der Waals surface area (Å²) in [6, 6.07) is 7.25. The molecule has 0 bridgehead atoms. The molecular weight excluding hydrogens is 347 g/mol. The maximum Gasteiger partial charge on any atom is 0.243 e. The lowest BCUT2D eigenvalue weighted by atomic mass is 10.3. The van der Waals surface area contributed by atoms with Crippen LogP contribution in [-0.2, 0) is 16.6 Å². The van der Waals surface area contributed by atoms with E-state index in [9.17, 15) is 12.8 Å². The van der Waals surface area contributed by atoms with Crippen LogP contribution in [0.1, 0.15) is 5.56 Å². The van der Waals surface area contributed by atoms with E-state index in [1.807, 2.05) is 0 Å². The fourth-order valence-electron chi connectivity index (χ4n) is 1.65. The van der Waals surface area contributed by atoms with Crippen molar-refractivity contribution >= 4 is 26.0 Å². The Kier molecular flexibility index (Phi) is 4.52. The third-order valence-corrected chi connectivity index (χ3v) is 5.17. The van der Waals surface area contributed by atoms with E-state index < -0.39 is 15.8 Å². The van der Waals surface area contributed by atoms with Crippen molar-refractivity contribution in [3.8, 4) is 0 Å². The van der Waals surface area contributed by atoms with Gasteiger partial charge in [0.2, 0.25) is 10.0 Å². The van der Waals surface area contributed by atoms with Gasteiger partial charge in [0.1, 0.15) is 5.82 Å². The van der Waals surface area contributed by atoms with Crippen LogP contribution in [0.25, 0.3) is 0 Å². The molecule has 0 N–H and O–H groups in total. The Bertz CT molecular complexity index is 708. The van der Waals surface area contributed by atoms with Crippen LogP contribution >= 0.6 is 15.9 Å². The number of pyridine rings is 1. The van der Waals surface area contributed by atoms with Crippen molar-refractivity contribution in [1.82, 2.24) is 9.29 Å². The van der Waals surface area contributed by atoms with Crippen molar-refractivity contribution in [3.05, 3.63) is 58.6 Å². The van der Waals surface area contributed by atoms with Crippen LogP contribution in [0.5, 0.6) is 0 Å². The molecule has 0 aliphatic rings. The predicted octanol–water partition coefficient (Wildman–Crippen LogP) is 2.80. The fraction of sp³-hybridized carbons (Fsp3) is 0.154. The van der Waals surface area contributed by atoms with Crippen molar-refractivity contribution in [3.63, 3.8) is 0 Å². The van der Waals surface area contributed by atoms with Gasteiger partial charge < -0.3 is 0 Å². The lowest BCUT2D eigenvalue weighted by Crippen LogP contribution is -2.26. The summed E-state index contributed by atoms with van der Waals surface area (Å²) in [5, 5.41) is 0. The molecule has 0 saturated carbocycles. The van der Waals surface area contributed by atoms with Crippen molar-refractivity contribution in [2.24, 2.45) is 0 Å². The van der Waals surface area contributed by atoms with E-state index in [0.717, 1.165) is 15.9 Å². The highest BCUT2D eigenvalue weighted by Crippen LogP contribution is 2.22. The first-order valence-electron chi connectivity index (χ1n) is 5.71. The zero-order valence-electron chi connectivity index (χ0n) is 10.6. The molecule has 0 saturated heterocycles. The Morgan fingerprint density at radius 3 is 2.70 bits per heavy atom. The topological polar surface area (TPSA) is 50.3 Å². The van der Waals surface area contributed by atoms with Crippen LogP contribution in [0, 0.1) is 5.82 Å². The Hall–Kier alpha value is -1.31. The molecule has 0 amide bonds. The van der Waals surface area contributed by atoms with E-state index in [4.69, 9.17) is 0 Å². The van der Waals surface area contributed by atoms with Gasteiger partial charge in [0.25, 0.3) is 0 Å². The SMILES string of the molecule is CN(Cc1cccnc1)S(=O)(=O)c1ccc(Br)c(F)c1. The van der Waals surface area contributed by atoms with Crippen molar-refractivity contribution in [2.45, 2.75) is 11.4 Å². The monoisotopic (exact) mass is 358 g/mol. The van der Waals surface area contributed by atoms with Gasteiger partial charge in [-0.3, -0.25) is 4.98 Å². The minimum Gasteiger partial charge on any atom is -0.264 e. The number of hydrogen-bond donors (Lipinski definition) is 0. The molecule has 2 aromatic rings. The van der Waals surface area contributed by atoms with E-state index >= 15 is 0 Å². The molecule has 0 radical (unpaired) electrons. The van der Waals surface area contributed by atoms with Gasteiger partial charge in [-0.05, 0) is 45.8 Å². The molecule has 0 fully saturated rings. The first-order chi connectivity index (χ1) is 9.41. The zero-order chi connectivity index (χ0) is 14.8. The largest absolute Gasteiger partial charge is 0.264 e. The van der Waals surface area contributed by atoms with E-state index in [1.165, 1.54) is 19.2 Å². The number of sulfonamides is 1. The summed E-state index contributed by atoms with van der Waals surface area (Å²) in [6.45, 7) is 0.174. The second-order valence-electron chi connectivity index (χ2n) is 4.20. The maximum absolute atomic E-state index is 13.5. The Balaban J connectivity index is 2.27. The third-order valence-electron chi connectivity index (χ3n) is 2.73. The normalized spacial score (nSPS) is 11.8. The summed E-state index contributed by atoms with van der Waals surface area (Å²) in [5.74, 6) is -0.610. The van der Waals surface area contributed by atoms with Crippen LogP contribution in [0.15, 0.2) is 52.1 Å². The zero-order valence-corrected chi connectivity index (χ0v) is 13.0. The predicted molar refractivity (Wildman–Crippen MR) is 77.0 cm³/mol. The molecule has 1 aromatic carbocycles. The number of aromatic nitrogens is 1. The number of nitrogens with zero attached hydrogens (tertiary/aromatic N) is 2. The Labute approximate surface area is 125 Å². The molecule has 0 aliphatic carbocycles. The third kappa shape index (κ3) is 3.23. The first kappa shape index (κ1) is 15.1. The van der Waals surface area contributed by atoms with E-state index in [2.05, 4.69) is 20.9 Å². The van der Waals surface area contributed by atoms with Crippen LogP contribution in [0.4, 0.5) is 4.39 Å². The van der Waals surface area contributed by atoms with Gasteiger partial charge in [-0.15, -0.1) is 0 Å². The number of benzene rings is 1. The molecule has 1 aromatic heterocycles. The summed E-state index contributed by atoms with van der Waals surface area (Å²) in [7, 11) is -2.29. The van der Waals surface area contributed by atoms with Crippen molar-refractivity contribution in [1.29, 1.82) is 0 Å². The quantitative estimate of drug-likeness (QED) is 0.844. The summed E-state index contributed by atoms with van der Waals surface area (Å²) >= 11 is 3.00. The lowest BCUT2D eigenvalue weighted by Gasteiger charge is -2.17. The van der Waals surface area contributed by atoms with E-state index in [0.29, 0.717) is 0 Å². The van der Waals surface area contributed by atoms with Gasteiger partial charge in [-0.1, -0.05) is 6.07 Å². The Morgan fingerprint density at radius 2 is 2.10 bits per heavy atom. The average molecular weight is 359 g/mol. The van der Waals surface area contributed by atoms with Gasteiger partial charge in [0.15, 0.2) is 0 Å². The van der Waals surface area contributed by atoms with Crippen LogP contribution in [-0.4, -0.2) is 24.8 Å². The minimum atomic E-state index is -3.73. The molecule has 0 atom stereocenters. The van der Waals surface area contributed by atoms with E-state index in [-0.39, 0.29) is 15.9 Å². The van der Waals surface area contributed by atoms with Gasteiger partial charge in [-0.2, -0.15) is 4.31 Å². The highest BCUT2D eigenvalue weighted by Gasteiger charge is 2.22. The molecule has 0 unspecified atom stereocenters. The molecule has 7 heteroatoms. The van der Waals surface area contributed by atoms with E-state index in [1.54, 1.807) is 24.5 Å². The number of rotatable bonds is 4. The minimum absolute atomic E-state index is 0.0791. The molecule has 106 valence electrons. The summed E-state index contributed by atoms with van der Waals surface area (Å²) in [5.41, 5.74) is 0.760.